The lowest BCUT2D eigenvalue weighted by Crippen LogP contribution is -2.14. The molecule has 0 amide bonds. The Morgan fingerprint density at radius 3 is 2.50 bits per heavy atom. The number of phenolic OH excluding ortho intramolecular Hbond substituents is 1. The van der Waals surface area contributed by atoms with Crippen LogP contribution in [0.25, 0.3) is 0 Å². The van der Waals surface area contributed by atoms with E-state index in [1.807, 2.05) is 13.0 Å². The van der Waals surface area contributed by atoms with Gasteiger partial charge in [-0.25, -0.2) is 0 Å². The van der Waals surface area contributed by atoms with E-state index >= 15 is 0 Å². The van der Waals surface area contributed by atoms with Gasteiger partial charge in [0.15, 0.2) is 0 Å². The Hall–Kier alpha value is -0.540. The number of hydrogen-bond donors (Lipinski definition) is 2. The van der Waals surface area contributed by atoms with Crippen LogP contribution in [0.5, 0.6) is 5.75 Å². The molecule has 0 aliphatic rings. The van der Waals surface area contributed by atoms with Gasteiger partial charge in [0.2, 0.25) is 0 Å². The molecule has 16 heavy (non-hydrogen) atoms. The van der Waals surface area contributed by atoms with Gasteiger partial charge in [-0.2, -0.15) is 0 Å². The van der Waals surface area contributed by atoms with Crippen molar-refractivity contribution in [3.8, 4) is 5.75 Å². The molecule has 0 bridgehead atoms. The maximum atomic E-state index is 10.0. The molecule has 3 heteroatoms. The second kappa shape index (κ2) is 5.69. The summed E-state index contributed by atoms with van der Waals surface area (Å²) in [6, 6.07) is 3.63. The van der Waals surface area contributed by atoms with E-state index in [0.29, 0.717) is 24.1 Å². The zero-order valence-electron chi connectivity index (χ0n) is 10.1. The molecule has 0 saturated carbocycles. The fourth-order valence-corrected chi connectivity index (χ4v) is 2.49. The van der Waals surface area contributed by atoms with Gasteiger partial charge in [0.25, 0.3) is 0 Å². The highest BCUT2D eigenvalue weighted by Gasteiger charge is 2.21. The van der Waals surface area contributed by atoms with E-state index in [1.54, 1.807) is 6.07 Å². The van der Waals surface area contributed by atoms with Gasteiger partial charge >= 0.3 is 0 Å². The first-order valence-electron chi connectivity index (χ1n) is 5.67. The quantitative estimate of drug-likeness (QED) is 0.889. The second-order valence-corrected chi connectivity index (χ2v) is 5.39. The third kappa shape index (κ3) is 2.77. The van der Waals surface area contributed by atoms with Gasteiger partial charge in [-0.3, -0.25) is 0 Å². The Morgan fingerprint density at radius 1 is 1.38 bits per heavy atom. The van der Waals surface area contributed by atoms with Crippen molar-refractivity contribution in [1.82, 2.24) is 0 Å². The van der Waals surface area contributed by atoms with E-state index in [0.717, 1.165) is 22.0 Å². The molecule has 0 spiro atoms. The molecular weight excluding hydrogens is 266 g/mol. The summed E-state index contributed by atoms with van der Waals surface area (Å²) in [4.78, 5) is 0. The number of phenols is 1. The molecule has 1 aromatic carbocycles. The zero-order chi connectivity index (χ0) is 12.3. The number of halogens is 1. The molecule has 1 unspecified atom stereocenters. The fraction of sp³-hybridized carbons (Fsp3) is 0.538. The molecule has 0 aliphatic carbocycles. The molecule has 0 aromatic heterocycles. The molecule has 0 aliphatic heterocycles. The van der Waals surface area contributed by atoms with Crippen molar-refractivity contribution in [1.29, 1.82) is 0 Å². The second-order valence-electron chi connectivity index (χ2n) is 4.53. The Labute approximate surface area is 106 Å². The third-order valence-corrected chi connectivity index (χ3v) is 3.94. The van der Waals surface area contributed by atoms with Crippen LogP contribution in [0.2, 0.25) is 0 Å². The lowest BCUT2D eigenvalue weighted by atomic mass is 9.83. The molecule has 0 radical (unpaired) electrons. The fourth-order valence-electron chi connectivity index (χ4n) is 2.15. The van der Waals surface area contributed by atoms with E-state index in [9.17, 15) is 5.11 Å². The molecule has 1 atom stereocenters. The zero-order valence-corrected chi connectivity index (χ0v) is 11.7. The van der Waals surface area contributed by atoms with E-state index in [4.69, 9.17) is 5.73 Å². The van der Waals surface area contributed by atoms with Gasteiger partial charge in [-0.15, -0.1) is 0 Å². The van der Waals surface area contributed by atoms with Gasteiger partial charge in [0, 0.05) is 10.0 Å². The van der Waals surface area contributed by atoms with Crippen LogP contribution in [0.1, 0.15) is 37.3 Å². The summed E-state index contributed by atoms with van der Waals surface area (Å²) in [7, 11) is 0. The summed E-state index contributed by atoms with van der Waals surface area (Å²) in [5.41, 5.74) is 7.80. The Morgan fingerprint density at radius 2 is 2.00 bits per heavy atom. The van der Waals surface area contributed by atoms with Crippen molar-refractivity contribution in [3.05, 3.63) is 27.7 Å². The minimum atomic E-state index is 0.322. The van der Waals surface area contributed by atoms with E-state index in [2.05, 4.69) is 29.8 Å². The molecule has 2 nitrogen and oxygen atoms in total. The largest absolute Gasteiger partial charge is 0.508 e. The summed E-state index contributed by atoms with van der Waals surface area (Å²) in [5.74, 6) is 1.18. The molecule has 90 valence electrons. The molecule has 0 fully saturated rings. The van der Waals surface area contributed by atoms with Crippen LogP contribution in [-0.4, -0.2) is 11.7 Å². The van der Waals surface area contributed by atoms with Crippen molar-refractivity contribution in [2.45, 2.75) is 33.1 Å². The lowest BCUT2D eigenvalue weighted by Gasteiger charge is -2.24. The van der Waals surface area contributed by atoms with Crippen molar-refractivity contribution >= 4 is 15.9 Å². The van der Waals surface area contributed by atoms with Crippen LogP contribution in [-0.2, 0) is 0 Å². The maximum Gasteiger partial charge on any atom is 0.119 e. The summed E-state index contributed by atoms with van der Waals surface area (Å²) in [6.45, 7) is 7.01. The molecule has 3 N–H and O–H groups in total. The van der Waals surface area contributed by atoms with Crippen LogP contribution in [0.4, 0.5) is 0 Å². The highest BCUT2D eigenvalue weighted by molar-refractivity contribution is 9.10. The molecule has 0 heterocycles. The molecule has 1 rings (SSSR count). The maximum absolute atomic E-state index is 10.0. The van der Waals surface area contributed by atoms with Crippen LogP contribution in [0.15, 0.2) is 16.6 Å². The Bertz CT molecular complexity index is 363. The van der Waals surface area contributed by atoms with Gasteiger partial charge in [0.05, 0.1) is 0 Å². The van der Waals surface area contributed by atoms with Crippen molar-refractivity contribution < 1.29 is 5.11 Å². The molecular formula is C13H20BrNO. The van der Waals surface area contributed by atoms with Crippen LogP contribution in [0.3, 0.4) is 0 Å². The van der Waals surface area contributed by atoms with Crippen molar-refractivity contribution in [3.63, 3.8) is 0 Å². The number of hydrogen-bond acceptors (Lipinski definition) is 2. The monoisotopic (exact) mass is 285 g/mol. The highest BCUT2D eigenvalue weighted by atomic mass is 79.9. The SMILES string of the molecule is Cc1c(Br)ccc(O)c1C(CCN)C(C)C. The standard InChI is InChI=1S/C13H20BrNO/c1-8(2)10(6-7-15)13-9(3)11(14)4-5-12(13)16/h4-5,8,10,16H,6-7,15H2,1-3H3. The predicted octanol–water partition coefficient (Wildman–Crippen LogP) is 3.55. The first kappa shape index (κ1) is 13.5. The lowest BCUT2D eigenvalue weighted by molar-refractivity contribution is 0.423. The summed E-state index contributed by atoms with van der Waals surface area (Å²) in [6.07, 6.45) is 0.905. The van der Waals surface area contributed by atoms with Crippen LogP contribution >= 0.6 is 15.9 Å². The predicted molar refractivity (Wildman–Crippen MR) is 71.8 cm³/mol. The van der Waals surface area contributed by atoms with Gasteiger partial charge in [-0.1, -0.05) is 29.8 Å². The van der Waals surface area contributed by atoms with Crippen LogP contribution < -0.4 is 5.73 Å². The van der Waals surface area contributed by atoms with Gasteiger partial charge < -0.3 is 10.8 Å². The minimum absolute atomic E-state index is 0.322. The van der Waals surface area contributed by atoms with E-state index < -0.39 is 0 Å². The number of aromatic hydroxyl groups is 1. The number of nitrogens with two attached hydrogens (primary N) is 1. The third-order valence-electron chi connectivity index (χ3n) is 3.08. The summed E-state index contributed by atoms with van der Waals surface area (Å²) in [5, 5.41) is 10.0. The summed E-state index contributed by atoms with van der Waals surface area (Å²) < 4.78 is 1.04. The van der Waals surface area contributed by atoms with Gasteiger partial charge in [0.1, 0.15) is 5.75 Å². The van der Waals surface area contributed by atoms with Crippen LogP contribution in [0, 0.1) is 12.8 Å². The minimum Gasteiger partial charge on any atom is -0.508 e. The average Bonchev–Trinajstić information content (AvgIpc) is 2.22. The van der Waals surface area contributed by atoms with Gasteiger partial charge in [-0.05, 0) is 49.4 Å². The van der Waals surface area contributed by atoms with E-state index in [1.165, 1.54) is 0 Å². The molecule has 1 aromatic rings. The topological polar surface area (TPSA) is 46.2 Å². The van der Waals surface area contributed by atoms with Crippen molar-refractivity contribution in [2.24, 2.45) is 11.7 Å². The normalized spacial score (nSPS) is 13.1. The average molecular weight is 286 g/mol. The van der Waals surface area contributed by atoms with Crippen molar-refractivity contribution in [2.75, 3.05) is 6.54 Å². The highest BCUT2D eigenvalue weighted by Crippen LogP contribution is 2.38. The number of benzene rings is 1. The van der Waals surface area contributed by atoms with E-state index in [-0.39, 0.29) is 0 Å². The summed E-state index contributed by atoms with van der Waals surface area (Å²) >= 11 is 3.51. The molecule has 0 saturated heterocycles. The first-order chi connectivity index (χ1) is 7.49. The Kier molecular flexibility index (Phi) is 4.81. The number of rotatable bonds is 4. The first-order valence-corrected chi connectivity index (χ1v) is 6.46. The Balaban J connectivity index is 3.22. The smallest absolute Gasteiger partial charge is 0.119 e.